The number of nitrogens with zero attached hydrogens (tertiary/aromatic N) is 1. The van der Waals surface area contributed by atoms with E-state index in [9.17, 15) is 4.39 Å². The molecule has 0 saturated carbocycles. The quantitative estimate of drug-likeness (QED) is 0.926. The number of nitrogens with two attached hydrogens (primary N) is 1. The van der Waals surface area contributed by atoms with Crippen LogP contribution in [0.3, 0.4) is 0 Å². The fraction of sp³-hybridized carbons (Fsp3) is 0.154. The number of hydrogen-bond acceptors (Lipinski definition) is 3. The minimum absolute atomic E-state index is 0.244. The van der Waals surface area contributed by atoms with Crippen LogP contribution in [0.15, 0.2) is 36.5 Å². The normalized spacial score (nSPS) is 10.4. The maximum atomic E-state index is 12.8. The molecule has 0 aliphatic heterocycles. The number of rotatable bonds is 4. The molecule has 0 amide bonds. The van der Waals surface area contributed by atoms with Crippen LogP contribution in [0.25, 0.3) is 0 Å². The zero-order chi connectivity index (χ0) is 13.0. The van der Waals surface area contributed by atoms with E-state index < -0.39 is 5.82 Å². The van der Waals surface area contributed by atoms with Crippen molar-refractivity contribution in [3.8, 4) is 5.75 Å². The molecule has 2 aromatic rings. The predicted molar refractivity (Wildman–Crippen MR) is 67.9 cm³/mol. The molecule has 0 saturated heterocycles. The molecule has 1 aromatic heterocycles. The van der Waals surface area contributed by atoms with E-state index in [1.807, 2.05) is 12.1 Å². The second-order valence-corrected chi connectivity index (χ2v) is 4.13. The van der Waals surface area contributed by atoms with Crippen LogP contribution in [0.1, 0.15) is 11.3 Å². The highest BCUT2D eigenvalue weighted by atomic mass is 35.5. The van der Waals surface area contributed by atoms with Crippen molar-refractivity contribution in [3.63, 3.8) is 0 Å². The Kier molecular flexibility index (Phi) is 4.12. The maximum absolute atomic E-state index is 12.8. The van der Waals surface area contributed by atoms with Crippen LogP contribution < -0.4 is 10.5 Å². The SMILES string of the molecule is NCc1ccc(COc2ccc(F)cc2Cl)nc1. The Morgan fingerprint density at radius 2 is 2.11 bits per heavy atom. The van der Waals surface area contributed by atoms with E-state index in [1.165, 1.54) is 18.2 Å². The minimum Gasteiger partial charge on any atom is -0.486 e. The van der Waals surface area contributed by atoms with Crippen molar-refractivity contribution in [2.45, 2.75) is 13.2 Å². The Bertz CT molecular complexity index is 531. The van der Waals surface area contributed by atoms with E-state index in [0.29, 0.717) is 12.3 Å². The van der Waals surface area contributed by atoms with Crippen LogP contribution in [-0.4, -0.2) is 4.98 Å². The van der Waals surface area contributed by atoms with Gasteiger partial charge in [-0.05, 0) is 29.8 Å². The number of benzene rings is 1. The van der Waals surface area contributed by atoms with E-state index >= 15 is 0 Å². The van der Waals surface area contributed by atoms with Gasteiger partial charge in [0.1, 0.15) is 18.2 Å². The lowest BCUT2D eigenvalue weighted by Gasteiger charge is -2.07. The van der Waals surface area contributed by atoms with Gasteiger partial charge in [0.15, 0.2) is 0 Å². The highest BCUT2D eigenvalue weighted by Gasteiger charge is 2.04. The molecule has 0 aliphatic carbocycles. The zero-order valence-electron chi connectivity index (χ0n) is 9.57. The van der Waals surface area contributed by atoms with E-state index in [-0.39, 0.29) is 11.6 Å². The van der Waals surface area contributed by atoms with Gasteiger partial charge in [-0.2, -0.15) is 0 Å². The number of aromatic nitrogens is 1. The summed E-state index contributed by atoms with van der Waals surface area (Å²) in [5, 5.41) is 0.244. The summed E-state index contributed by atoms with van der Waals surface area (Å²) in [7, 11) is 0. The molecular weight excluding hydrogens is 255 g/mol. The summed E-state index contributed by atoms with van der Waals surface area (Å²) in [6, 6.07) is 7.72. The van der Waals surface area contributed by atoms with Gasteiger partial charge in [0.25, 0.3) is 0 Å². The van der Waals surface area contributed by atoms with Crippen molar-refractivity contribution in [2.24, 2.45) is 5.73 Å². The molecule has 2 rings (SSSR count). The van der Waals surface area contributed by atoms with Crippen LogP contribution >= 0.6 is 11.6 Å². The van der Waals surface area contributed by atoms with Crippen LogP contribution in [0.2, 0.25) is 5.02 Å². The highest BCUT2D eigenvalue weighted by molar-refractivity contribution is 6.32. The summed E-state index contributed by atoms with van der Waals surface area (Å²) in [4.78, 5) is 4.19. The van der Waals surface area contributed by atoms with Gasteiger partial charge in [-0.1, -0.05) is 17.7 Å². The molecule has 0 unspecified atom stereocenters. The zero-order valence-corrected chi connectivity index (χ0v) is 10.3. The molecule has 2 N–H and O–H groups in total. The van der Waals surface area contributed by atoms with Crippen molar-refractivity contribution < 1.29 is 9.13 Å². The lowest BCUT2D eigenvalue weighted by molar-refractivity contribution is 0.301. The molecule has 18 heavy (non-hydrogen) atoms. The fourth-order valence-corrected chi connectivity index (χ4v) is 1.63. The predicted octanol–water partition coefficient (Wildman–Crippen LogP) is 2.91. The largest absolute Gasteiger partial charge is 0.486 e. The van der Waals surface area contributed by atoms with Crippen LogP contribution in [0, 0.1) is 5.82 Å². The summed E-state index contributed by atoms with van der Waals surface area (Å²) in [6.45, 7) is 0.730. The average Bonchev–Trinajstić information content (AvgIpc) is 2.38. The summed E-state index contributed by atoms with van der Waals surface area (Å²) in [6.07, 6.45) is 1.70. The molecule has 3 nitrogen and oxygen atoms in total. The first-order valence-corrected chi connectivity index (χ1v) is 5.78. The van der Waals surface area contributed by atoms with Crippen molar-refractivity contribution in [1.82, 2.24) is 4.98 Å². The molecular formula is C13H12ClFN2O. The van der Waals surface area contributed by atoms with Gasteiger partial charge < -0.3 is 10.5 Å². The Morgan fingerprint density at radius 1 is 1.28 bits per heavy atom. The average molecular weight is 267 g/mol. The molecule has 0 atom stereocenters. The second-order valence-electron chi connectivity index (χ2n) is 3.73. The molecule has 94 valence electrons. The molecule has 0 radical (unpaired) electrons. The third-order valence-electron chi connectivity index (χ3n) is 2.39. The lowest BCUT2D eigenvalue weighted by atomic mass is 10.2. The summed E-state index contributed by atoms with van der Waals surface area (Å²) < 4.78 is 18.3. The minimum atomic E-state index is -0.391. The van der Waals surface area contributed by atoms with Gasteiger partial charge in [-0.15, -0.1) is 0 Å². The van der Waals surface area contributed by atoms with E-state index in [4.69, 9.17) is 22.1 Å². The smallest absolute Gasteiger partial charge is 0.138 e. The molecule has 5 heteroatoms. The number of ether oxygens (including phenoxy) is 1. The van der Waals surface area contributed by atoms with E-state index in [1.54, 1.807) is 6.20 Å². The first-order valence-electron chi connectivity index (χ1n) is 5.41. The topological polar surface area (TPSA) is 48.1 Å². The van der Waals surface area contributed by atoms with Crippen molar-refractivity contribution in [1.29, 1.82) is 0 Å². The van der Waals surface area contributed by atoms with Gasteiger partial charge in [0.05, 0.1) is 10.7 Å². The third kappa shape index (κ3) is 3.18. The van der Waals surface area contributed by atoms with Gasteiger partial charge in [-0.3, -0.25) is 4.98 Å². The standard InChI is InChI=1S/C13H12ClFN2O/c14-12-5-10(15)2-4-13(12)18-8-11-3-1-9(6-16)7-17-11/h1-5,7H,6,8,16H2. The summed E-state index contributed by atoms with van der Waals surface area (Å²) in [5.41, 5.74) is 7.19. The first-order chi connectivity index (χ1) is 8.69. The Balaban J connectivity index is 2.02. The monoisotopic (exact) mass is 266 g/mol. The number of halogens is 2. The van der Waals surface area contributed by atoms with Crippen LogP contribution in [-0.2, 0) is 13.2 Å². The Morgan fingerprint density at radius 3 is 2.72 bits per heavy atom. The lowest BCUT2D eigenvalue weighted by Crippen LogP contribution is -2.01. The van der Waals surface area contributed by atoms with Crippen LogP contribution in [0.4, 0.5) is 4.39 Å². The van der Waals surface area contributed by atoms with Crippen molar-refractivity contribution in [3.05, 3.63) is 58.6 Å². The molecule has 0 aliphatic rings. The Hall–Kier alpha value is -1.65. The van der Waals surface area contributed by atoms with E-state index in [0.717, 1.165) is 11.3 Å². The first kappa shape index (κ1) is 12.8. The molecule has 1 aromatic carbocycles. The molecule has 0 spiro atoms. The van der Waals surface area contributed by atoms with Crippen molar-refractivity contribution in [2.75, 3.05) is 0 Å². The Labute approximate surface area is 109 Å². The molecule has 1 heterocycles. The van der Waals surface area contributed by atoms with Gasteiger partial charge >= 0.3 is 0 Å². The van der Waals surface area contributed by atoms with Gasteiger partial charge in [0, 0.05) is 12.7 Å². The summed E-state index contributed by atoms with van der Waals surface area (Å²) >= 11 is 5.84. The number of hydrogen-bond donors (Lipinski definition) is 1. The number of pyridine rings is 1. The molecule has 0 bridgehead atoms. The van der Waals surface area contributed by atoms with E-state index in [2.05, 4.69) is 4.98 Å². The second kappa shape index (κ2) is 5.80. The fourth-order valence-electron chi connectivity index (χ4n) is 1.41. The maximum Gasteiger partial charge on any atom is 0.138 e. The van der Waals surface area contributed by atoms with Gasteiger partial charge in [-0.25, -0.2) is 4.39 Å². The summed E-state index contributed by atoms with van der Waals surface area (Å²) in [5.74, 6) is 0.0422. The van der Waals surface area contributed by atoms with Crippen LogP contribution in [0.5, 0.6) is 5.75 Å². The van der Waals surface area contributed by atoms with Gasteiger partial charge in [0.2, 0.25) is 0 Å². The van der Waals surface area contributed by atoms with Crippen molar-refractivity contribution >= 4 is 11.6 Å². The molecule has 0 fully saturated rings. The third-order valence-corrected chi connectivity index (χ3v) is 2.69. The highest BCUT2D eigenvalue weighted by Crippen LogP contribution is 2.25.